The normalized spacial score (nSPS) is 25.9. The third-order valence-corrected chi connectivity index (χ3v) is 3.32. The van der Waals surface area contributed by atoms with E-state index in [1.165, 1.54) is 6.42 Å². The lowest BCUT2D eigenvalue weighted by atomic mass is 9.93. The molecule has 0 unspecified atom stereocenters. The highest BCUT2D eigenvalue weighted by atomic mass is 16.5. The predicted octanol–water partition coefficient (Wildman–Crippen LogP) is 1.36. The number of hydrogen-bond donors (Lipinski definition) is 1. The van der Waals surface area contributed by atoms with Gasteiger partial charge in [0.05, 0.1) is 18.8 Å². The van der Waals surface area contributed by atoms with E-state index in [4.69, 9.17) is 4.74 Å². The molecule has 4 nitrogen and oxygen atoms in total. The molecule has 0 bridgehead atoms. The van der Waals surface area contributed by atoms with Gasteiger partial charge in [-0.3, -0.25) is 0 Å². The number of urea groups is 1. The number of nitrogens with zero attached hydrogens (tertiary/aromatic N) is 1. The summed E-state index contributed by atoms with van der Waals surface area (Å²) in [7, 11) is 0. The molecule has 1 heterocycles. The van der Waals surface area contributed by atoms with Crippen LogP contribution in [0.25, 0.3) is 0 Å². The van der Waals surface area contributed by atoms with E-state index in [1.807, 2.05) is 18.7 Å². The molecule has 1 N–H and O–H groups in total. The topological polar surface area (TPSA) is 41.6 Å². The standard InChI is InChI=1S/C11H20N2O2/c1-11(2)8-15-7-6-13(11)10(14)12-9-4-3-5-9/h9H,3-8H2,1-2H3,(H,12,14). The van der Waals surface area contributed by atoms with Crippen molar-refractivity contribution in [3.8, 4) is 0 Å². The highest BCUT2D eigenvalue weighted by Crippen LogP contribution is 2.22. The van der Waals surface area contributed by atoms with Crippen LogP contribution in [0.2, 0.25) is 0 Å². The molecule has 2 aliphatic rings. The Morgan fingerprint density at radius 1 is 1.47 bits per heavy atom. The molecule has 1 saturated carbocycles. The fourth-order valence-corrected chi connectivity index (χ4v) is 2.04. The lowest BCUT2D eigenvalue weighted by Gasteiger charge is -2.43. The maximum atomic E-state index is 12.0. The zero-order valence-electron chi connectivity index (χ0n) is 9.58. The number of nitrogens with one attached hydrogen (secondary N) is 1. The van der Waals surface area contributed by atoms with Crippen molar-refractivity contribution < 1.29 is 9.53 Å². The molecule has 1 aliphatic heterocycles. The Labute approximate surface area is 91.0 Å². The second-order valence-corrected chi connectivity index (χ2v) is 5.09. The molecular weight excluding hydrogens is 192 g/mol. The Balaban J connectivity index is 1.91. The largest absolute Gasteiger partial charge is 0.377 e. The van der Waals surface area contributed by atoms with Crippen molar-refractivity contribution in [2.45, 2.75) is 44.7 Å². The minimum atomic E-state index is -0.175. The van der Waals surface area contributed by atoms with Crippen LogP contribution in [0, 0.1) is 0 Å². The fourth-order valence-electron chi connectivity index (χ4n) is 2.04. The van der Waals surface area contributed by atoms with Gasteiger partial charge >= 0.3 is 6.03 Å². The van der Waals surface area contributed by atoms with Crippen LogP contribution in [0.3, 0.4) is 0 Å². The summed E-state index contributed by atoms with van der Waals surface area (Å²) in [6.07, 6.45) is 3.52. The van der Waals surface area contributed by atoms with Gasteiger partial charge in [-0.1, -0.05) is 0 Å². The van der Waals surface area contributed by atoms with E-state index in [0.29, 0.717) is 25.8 Å². The fraction of sp³-hybridized carbons (Fsp3) is 0.909. The Morgan fingerprint density at radius 2 is 2.20 bits per heavy atom. The number of morpholine rings is 1. The van der Waals surface area contributed by atoms with Crippen molar-refractivity contribution in [2.24, 2.45) is 0 Å². The highest BCUT2D eigenvalue weighted by molar-refractivity contribution is 5.75. The first-order valence-electron chi connectivity index (χ1n) is 5.75. The molecule has 2 rings (SSSR count). The molecule has 0 aromatic rings. The van der Waals surface area contributed by atoms with Gasteiger partial charge in [-0.15, -0.1) is 0 Å². The number of carbonyl (C=O) groups excluding carboxylic acids is 1. The number of carbonyl (C=O) groups is 1. The van der Waals surface area contributed by atoms with Crippen LogP contribution in [0.15, 0.2) is 0 Å². The van der Waals surface area contributed by atoms with E-state index >= 15 is 0 Å². The van der Waals surface area contributed by atoms with Gasteiger partial charge in [0.15, 0.2) is 0 Å². The van der Waals surface area contributed by atoms with Crippen molar-refractivity contribution in [1.82, 2.24) is 10.2 Å². The molecule has 15 heavy (non-hydrogen) atoms. The van der Waals surface area contributed by atoms with Crippen molar-refractivity contribution in [3.05, 3.63) is 0 Å². The summed E-state index contributed by atoms with van der Waals surface area (Å²) in [4.78, 5) is 13.9. The average molecular weight is 212 g/mol. The molecule has 0 spiro atoms. The third kappa shape index (κ3) is 2.25. The Morgan fingerprint density at radius 3 is 2.73 bits per heavy atom. The molecule has 86 valence electrons. The van der Waals surface area contributed by atoms with E-state index < -0.39 is 0 Å². The first-order valence-corrected chi connectivity index (χ1v) is 5.75. The average Bonchev–Trinajstić information content (AvgIpc) is 2.10. The molecule has 1 saturated heterocycles. The van der Waals surface area contributed by atoms with Gasteiger partial charge in [-0.2, -0.15) is 0 Å². The Bertz CT molecular complexity index is 249. The minimum absolute atomic E-state index is 0.0769. The molecule has 0 atom stereocenters. The predicted molar refractivity (Wildman–Crippen MR) is 57.8 cm³/mol. The van der Waals surface area contributed by atoms with E-state index in [0.717, 1.165) is 12.8 Å². The van der Waals surface area contributed by atoms with Crippen molar-refractivity contribution in [1.29, 1.82) is 0 Å². The molecule has 2 amide bonds. The number of ether oxygens (including phenoxy) is 1. The van der Waals surface area contributed by atoms with Gasteiger partial charge in [0.1, 0.15) is 0 Å². The summed E-state index contributed by atoms with van der Waals surface area (Å²) in [5.41, 5.74) is -0.175. The second-order valence-electron chi connectivity index (χ2n) is 5.09. The van der Waals surface area contributed by atoms with Gasteiger partial charge < -0.3 is 15.0 Å². The first kappa shape index (κ1) is 10.7. The summed E-state index contributed by atoms with van der Waals surface area (Å²) in [5, 5.41) is 3.07. The molecule has 0 aromatic heterocycles. The third-order valence-electron chi connectivity index (χ3n) is 3.32. The smallest absolute Gasteiger partial charge is 0.318 e. The van der Waals surface area contributed by atoms with Gasteiger partial charge in [0.25, 0.3) is 0 Å². The van der Waals surface area contributed by atoms with Crippen LogP contribution >= 0.6 is 0 Å². The van der Waals surface area contributed by atoms with Crippen LogP contribution in [-0.4, -0.2) is 42.3 Å². The quantitative estimate of drug-likeness (QED) is 0.713. The van der Waals surface area contributed by atoms with E-state index in [-0.39, 0.29) is 11.6 Å². The molecule has 4 heteroatoms. The first-order chi connectivity index (χ1) is 7.09. The summed E-state index contributed by atoms with van der Waals surface area (Å²) in [5.74, 6) is 0. The van der Waals surface area contributed by atoms with Crippen molar-refractivity contribution >= 4 is 6.03 Å². The minimum Gasteiger partial charge on any atom is -0.377 e. The number of amides is 2. The van der Waals surface area contributed by atoms with Gasteiger partial charge in [0, 0.05) is 12.6 Å². The van der Waals surface area contributed by atoms with Crippen molar-refractivity contribution in [2.75, 3.05) is 19.8 Å². The zero-order chi connectivity index (χ0) is 10.9. The van der Waals surface area contributed by atoms with Gasteiger partial charge in [-0.25, -0.2) is 4.79 Å². The Kier molecular flexibility index (Phi) is 2.87. The van der Waals surface area contributed by atoms with Gasteiger partial charge in [-0.05, 0) is 33.1 Å². The van der Waals surface area contributed by atoms with Gasteiger partial charge in [0.2, 0.25) is 0 Å². The lowest BCUT2D eigenvalue weighted by molar-refractivity contribution is -0.0287. The summed E-state index contributed by atoms with van der Waals surface area (Å²) in [6, 6.07) is 0.490. The SMILES string of the molecule is CC1(C)COCCN1C(=O)NC1CCC1. The van der Waals surface area contributed by atoms with Crippen LogP contribution in [0.4, 0.5) is 4.79 Å². The monoisotopic (exact) mass is 212 g/mol. The maximum absolute atomic E-state index is 12.0. The lowest BCUT2D eigenvalue weighted by Crippen LogP contribution is -2.60. The summed E-state index contributed by atoms with van der Waals surface area (Å²) < 4.78 is 5.39. The molecule has 0 aromatic carbocycles. The van der Waals surface area contributed by atoms with Crippen LogP contribution < -0.4 is 5.32 Å². The van der Waals surface area contributed by atoms with Crippen LogP contribution in [0.5, 0.6) is 0 Å². The maximum Gasteiger partial charge on any atom is 0.318 e. The van der Waals surface area contributed by atoms with E-state index in [1.54, 1.807) is 0 Å². The highest BCUT2D eigenvalue weighted by Gasteiger charge is 2.35. The number of rotatable bonds is 1. The van der Waals surface area contributed by atoms with Crippen LogP contribution in [-0.2, 0) is 4.74 Å². The van der Waals surface area contributed by atoms with E-state index in [2.05, 4.69) is 5.32 Å². The summed E-state index contributed by atoms with van der Waals surface area (Å²) in [6.45, 7) is 6.08. The van der Waals surface area contributed by atoms with Crippen molar-refractivity contribution in [3.63, 3.8) is 0 Å². The molecule has 0 radical (unpaired) electrons. The number of hydrogen-bond acceptors (Lipinski definition) is 2. The molecule has 2 fully saturated rings. The zero-order valence-corrected chi connectivity index (χ0v) is 9.58. The summed E-state index contributed by atoms with van der Waals surface area (Å²) >= 11 is 0. The van der Waals surface area contributed by atoms with E-state index in [9.17, 15) is 4.79 Å². The molecule has 1 aliphatic carbocycles. The second kappa shape index (κ2) is 4.00. The molecular formula is C11H20N2O2. The Hall–Kier alpha value is -0.770. The van der Waals surface area contributed by atoms with Crippen LogP contribution in [0.1, 0.15) is 33.1 Å².